The van der Waals surface area contributed by atoms with Crippen molar-refractivity contribution in [1.29, 1.82) is 0 Å². The Morgan fingerprint density at radius 1 is 1.30 bits per heavy atom. The Bertz CT molecular complexity index is 93.3. The molecule has 10 heavy (non-hydrogen) atoms. The molecular formula is C8H18N2. The molecule has 0 saturated heterocycles. The summed E-state index contributed by atoms with van der Waals surface area (Å²) in [4.78, 5) is 0. The summed E-state index contributed by atoms with van der Waals surface area (Å²) in [6.45, 7) is 3.29. The summed E-state index contributed by atoms with van der Waals surface area (Å²) in [5.74, 6) is 0. The average Bonchev–Trinajstić information content (AvgIpc) is 2.37. The van der Waals surface area contributed by atoms with E-state index in [-0.39, 0.29) is 0 Å². The van der Waals surface area contributed by atoms with E-state index in [0.29, 0.717) is 0 Å². The number of nitrogens with one attached hydrogen (secondary N) is 2. The predicted octanol–water partition coefficient (Wildman–Crippen LogP) is 0.736. The van der Waals surface area contributed by atoms with Gasteiger partial charge in [0.25, 0.3) is 0 Å². The van der Waals surface area contributed by atoms with Gasteiger partial charge in [-0.1, -0.05) is 6.92 Å². The van der Waals surface area contributed by atoms with Gasteiger partial charge in [0.15, 0.2) is 0 Å². The highest BCUT2D eigenvalue weighted by Crippen LogP contribution is 2.18. The van der Waals surface area contributed by atoms with Crippen LogP contribution in [0.4, 0.5) is 0 Å². The minimum Gasteiger partial charge on any atom is -0.317 e. The standard InChI is InChI=1S/C8H18N2/c1-3-10-8-5-4-7(6-8)9-2/h7-10H,3-6H2,1-2H3/t7?,8-/m0/s1. The van der Waals surface area contributed by atoms with E-state index in [1.54, 1.807) is 0 Å². The molecule has 2 N–H and O–H groups in total. The number of hydrogen-bond acceptors (Lipinski definition) is 2. The van der Waals surface area contributed by atoms with Crippen molar-refractivity contribution in [1.82, 2.24) is 10.6 Å². The van der Waals surface area contributed by atoms with E-state index < -0.39 is 0 Å². The Morgan fingerprint density at radius 2 is 2.00 bits per heavy atom. The van der Waals surface area contributed by atoms with Crippen molar-refractivity contribution in [3.63, 3.8) is 0 Å². The molecule has 0 radical (unpaired) electrons. The molecule has 1 fully saturated rings. The highest BCUT2D eigenvalue weighted by molar-refractivity contribution is 4.83. The molecule has 0 bridgehead atoms. The second kappa shape index (κ2) is 3.94. The fraction of sp³-hybridized carbons (Fsp3) is 1.00. The smallest absolute Gasteiger partial charge is 0.00823 e. The predicted molar refractivity (Wildman–Crippen MR) is 44.2 cm³/mol. The molecule has 0 spiro atoms. The Kier molecular flexibility index (Phi) is 3.16. The third kappa shape index (κ3) is 1.96. The summed E-state index contributed by atoms with van der Waals surface area (Å²) in [5, 5.41) is 6.78. The number of rotatable bonds is 3. The maximum Gasteiger partial charge on any atom is 0.00823 e. The van der Waals surface area contributed by atoms with Gasteiger partial charge in [0.2, 0.25) is 0 Å². The van der Waals surface area contributed by atoms with E-state index >= 15 is 0 Å². The Labute approximate surface area is 63.4 Å². The van der Waals surface area contributed by atoms with Crippen molar-refractivity contribution in [3.05, 3.63) is 0 Å². The molecule has 0 heterocycles. The maximum absolute atomic E-state index is 3.47. The summed E-state index contributed by atoms with van der Waals surface area (Å²) in [7, 11) is 2.05. The van der Waals surface area contributed by atoms with E-state index in [9.17, 15) is 0 Å². The van der Waals surface area contributed by atoms with Gasteiger partial charge in [0, 0.05) is 12.1 Å². The second-order valence-corrected chi connectivity index (χ2v) is 3.05. The molecule has 60 valence electrons. The van der Waals surface area contributed by atoms with Crippen LogP contribution in [-0.4, -0.2) is 25.7 Å². The molecule has 0 aromatic carbocycles. The van der Waals surface area contributed by atoms with Crippen LogP contribution in [0.3, 0.4) is 0 Å². The van der Waals surface area contributed by atoms with Crippen molar-refractivity contribution in [3.8, 4) is 0 Å². The van der Waals surface area contributed by atoms with E-state index in [1.165, 1.54) is 19.3 Å². The van der Waals surface area contributed by atoms with Crippen molar-refractivity contribution in [2.75, 3.05) is 13.6 Å². The van der Waals surface area contributed by atoms with Crippen LogP contribution in [0.25, 0.3) is 0 Å². The number of hydrogen-bond donors (Lipinski definition) is 2. The molecule has 1 aliphatic rings. The summed E-state index contributed by atoms with van der Waals surface area (Å²) in [6, 6.07) is 1.55. The minimum absolute atomic E-state index is 0.768. The molecular weight excluding hydrogens is 124 g/mol. The van der Waals surface area contributed by atoms with Gasteiger partial charge in [-0.2, -0.15) is 0 Å². The zero-order chi connectivity index (χ0) is 7.40. The van der Waals surface area contributed by atoms with Gasteiger partial charge in [0.05, 0.1) is 0 Å². The van der Waals surface area contributed by atoms with Crippen LogP contribution in [0, 0.1) is 0 Å². The summed E-state index contributed by atoms with van der Waals surface area (Å²) in [6.07, 6.45) is 4.00. The Balaban J connectivity index is 2.15. The van der Waals surface area contributed by atoms with Gasteiger partial charge < -0.3 is 10.6 Å². The topological polar surface area (TPSA) is 24.1 Å². The molecule has 2 nitrogen and oxygen atoms in total. The van der Waals surface area contributed by atoms with Gasteiger partial charge in [-0.05, 0) is 32.9 Å². The quantitative estimate of drug-likeness (QED) is 0.607. The van der Waals surface area contributed by atoms with Gasteiger partial charge in [-0.15, -0.1) is 0 Å². The first-order valence-electron chi connectivity index (χ1n) is 4.27. The summed E-state index contributed by atoms with van der Waals surface area (Å²) >= 11 is 0. The van der Waals surface area contributed by atoms with Crippen LogP contribution in [0.5, 0.6) is 0 Å². The fourth-order valence-electron chi connectivity index (χ4n) is 1.72. The van der Waals surface area contributed by atoms with E-state index in [4.69, 9.17) is 0 Å². The first-order valence-corrected chi connectivity index (χ1v) is 4.27. The third-order valence-electron chi connectivity index (χ3n) is 2.33. The SMILES string of the molecule is CCN[C@H]1CCC(NC)C1. The highest BCUT2D eigenvalue weighted by atomic mass is 15.0. The minimum atomic E-state index is 0.768. The molecule has 0 aromatic heterocycles. The highest BCUT2D eigenvalue weighted by Gasteiger charge is 2.21. The van der Waals surface area contributed by atoms with E-state index in [2.05, 4.69) is 24.6 Å². The zero-order valence-corrected chi connectivity index (χ0v) is 6.98. The Hall–Kier alpha value is -0.0800. The maximum atomic E-state index is 3.47. The summed E-state index contributed by atoms with van der Waals surface area (Å²) in [5.41, 5.74) is 0. The van der Waals surface area contributed by atoms with Crippen LogP contribution in [0.15, 0.2) is 0 Å². The van der Waals surface area contributed by atoms with Crippen molar-refractivity contribution < 1.29 is 0 Å². The zero-order valence-electron chi connectivity index (χ0n) is 6.98. The molecule has 1 unspecified atom stereocenters. The molecule has 0 aromatic rings. The normalized spacial score (nSPS) is 33.0. The van der Waals surface area contributed by atoms with E-state index in [0.717, 1.165) is 18.6 Å². The third-order valence-corrected chi connectivity index (χ3v) is 2.33. The van der Waals surface area contributed by atoms with Crippen LogP contribution < -0.4 is 10.6 Å². The van der Waals surface area contributed by atoms with Crippen LogP contribution in [-0.2, 0) is 0 Å². The van der Waals surface area contributed by atoms with Gasteiger partial charge in [-0.25, -0.2) is 0 Å². The lowest BCUT2D eigenvalue weighted by molar-refractivity contribution is 0.513. The largest absolute Gasteiger partial charge is 0.317 e. The first kappa shape index (κ1) is 8.02. The van der Waals surface area contributed by atoms with Crippen molar-refractivity contribution >= 4 is 0 Å². The fourth-order valence-corrected chi connectivity index (χ4v) is 1.72. The summed E-state index contributed by atoms with van der Waals surface area (Å²) < 4.78 is 0. The molecule has 1 saturated carbocycles. The average molecular weight is 142 g/mol. The molecule has 1 rings (SSSR count). The Morgan fingerprint density at radius 3 is 2.50 bits per heavy atom. The molecule has 2 atom stereocenters. The molecule has 0 amide bonds. The monoisotopic (exact) mass is 142 g/mol. The molecule has 0 aliphatic heterocycles. The lowest BCUT2D eigenvalue weighted by Gasteiger charge is -2.10. The van der Waals surface area contributed by atoms with Gasteiger partial charge in [0.1, 0.15) is 0 Å². The van der Waals surface area contributed by atoms with E-state index in [1.807, 2.05) is 0 Å². The van der Waals surface area contributed by atoms with Crippen LogP contribution in [0.1, 0.15) is 26.2 Å². The first-order chi connectivity index (χ1) is 4.86. The van der Waals surface area contributed by atoms with Crippen molar-refractivity contribution in [2.45, 2.75) is 38.3 Å². The van der Waals surface area contributed by atoms with Crippen LogP contribution >= 0.6 is 0 Å². The molecule has 2 heteroatoms. The molecule has 1 aliphatic carbocycles. The van der Waals surface area contributed by atoms with Gasteiger partial charge in [-0.3, -0.25) is 0 Å². The second-order valence-electron chi connectivity index (χ2n) is 3.05. The lowest BCUT2D eigenvalue weighted by atomic mass is 10.2. The lowest BCUT2D eigenvalue weighted by Crippen LogP contribution is -2.29. The van der Waals surface area contributed by atoms with Crippen LogP contribution in [0.2, 0.25) is 0 Å². The van der Waals surface area contributed by atoms with Gasteiger partial charge >= 0.3 is 0 Å². The van der Waals surface area contributed by atoms with Crippen molar-refractivity contribution in [2.24, 2.45) is 0 Å².